The van der Waals surface area contributed by atoms with Gasteiger partial charge in [0.2, 0.25) is 0 Å². The summed E-state index contributed by atoms with van der Waals surface area (Å²) >= 11 is 6.14. The van der Waals surface area contributed by atoms with Gasteiger partial charge in [-0.05, 0) is 32.9 Å². The molecule has 24 heavy (non-hydrogen) atoms. The fourth-order valence-corrected chi connectivity index (χ4v) is 3.20. The number of hydrogen-bond acceptors (Lipinski definition) is 4. The smallest absolute Gasteiger partial charge is 0.255 e. The standard InChI is InChI=1S/C18H21ClN4O/c1-12-13(2)20-14(3)21-17(12)22-8-10-23(11-9-22)18(24)15-6-4-5-7-16(15)19/h4-7H,8-11H2,1-3H3. The summed E-state index contributed by atoms with van der Waals surface area (Å²) in [6, 6.07) is 7.20. The molecule has 3 rings (SSSR count). The van der Waals surface area contributed by atoms with Gasteiger partial charge in [0.25, 0.3) is 5.91 Å². The van der Waals surface area contributed by atoms with Crippen molar-refractivity contribution in [3.63, 3.8) is 0 Å². The van der Waals surface area contributed by atoms with Crippen LogP contribution in [0.5, 0.6) is 0 Å². The van der Waals surface area contributed by atoms with Crippen LogP contribution in [0.2, 0.25) is 5.02 Å². The van der Waals surface area contributed by atoms with E-state index in [0.717, 1.165) is 36.0 Å². The molecule has 1 aromatic carbocycles. The Morgan fingerprint density at radius 2 is 1.71 bits per heavy atom. The van der Waals surface area contributed by atoms with E-state index in [9.17, 15) is 4.79 Å². The van der Waals surface area contributed by atoms with Crippen molar-refractivity contribution in [2.45, 2.75) is 20.8 Å². The molecule has 1 amide bonds. The normalized spacial score (nSPS) is 14.8. The SMILES string of the molecule is Cc1nc(C)c(C)c(N2CCN(C(=O)c3ccccc3Cl)CC2)n1. The lowest BCUT2D eigenvalue weighted by Crippen LogP contribution is -2.49. The van der Waals surface area contributed by atoms with Crippen LogP contribution in [0.25, 0.3) is 0 Å². The van der Waals surface area contributed by atoms with E-state index in [4.69, 9.17) is 11.6 Å². The van der Waals surface area contributed by atoms with Crippen molar-refractivity contribution in [3.05, 3.63) is 51.9 Å². The van der Waals surface area contributed by atoms with Gasteiger partial charge in [-0.25, -0.2) is 9.97 Å². The van der Waals surface area contributed by atoms with Crippen molar-refractivity contribution < 1.29 is 4.79 Å². The lowest BCUT2D eigenvalue weighted by atomic mass is 10.1. The third-order valence-corrected chi connectivity index (χ3v) is 4.78. The molecule has 0 saturated carbocycles. The average Bonchev–Trinajstić information content (AvgIpc) is 2.58. The maximum Gasteiger partial charge on any atom is 0.255 e. The van der Waals surface area contributed by atoms with Gasteiger partial charge in [0.1, 0.15) is 11.6 Å². The van der Waals surface area contributed by atoms with Crippen LogP contribution in [0.1, 0.15) is 27.4 Å². The van der Waals surface area contributed by atoms with Crippen molar-refractivity contribution >= 4 is 23.3 Å². The number of carbonyl (C=O) groups excluding carboxylic acids is 1. The van der Waals surface area contributed by atoms with Crippen molar-refractivity contribution in [3.8, 4) is 0 Å². The monoisotopic (exact) mass is 344 g/mol. The van der Waals surface area contributed by atoms with Crippen LogP contribution in [0.4, 0.5) is 5.82 Å². The molecule has 1 aromatic heterocycles. The Hall–Kier alpha value is -2.14. The molecule has 0 unspecified atom stereocenters. The van der Waals surface area contributed by atoms with E-state index in [-0.39, 0.29) is 5.91 Å². The quantitative estimate of drug-likeness (QED) is 0.840. The molecular formula is C18H21ClN4O. The zero-order valence-electron chi connectivity index (χ0n) is 14.2. The fraction of sp³-hybridized carbons (Fsp3) is 0.389. The number of aromatic nitrogens is 2. The van der Waals surface area contributed by atoms with E-state index in [2.05, 4.69) is 14.9 Å². The molecule has 0 aliphatic carbocycles. The number of hydrogen-bond donors (Lipinski definition) is 0. The largest absolute Gasteiger partial charge is 0.353 e. The zero-order chi connectivity index (χ0) is 17.3. The molecule has 0 bridgehead atoms. The van der Waals surface area contributed by atoms with Crippen molar-refractivity contribution in [1.82, 2.24) is 14.9 Å². The van der Waals surface area contributed by atoms with Gasteiger partial charge in [-0.2, -0.15) is 0 Å². The van der Waals surface area contributed by atoms with Gasteiger partial charge in [0.05, 0.1) is 10.6 Å². The summed E-state index contributed by atoms with van der Waals surface area (Å²) < 4.78 is 0. The topological polar surface area (TPSA) is 49.3 Å². The number of rotatable bonds is 2. The molecule has 2 aromatic rings. The summed E-state index contributed by atoms with van der Waals surface area (Å²) in [4.78, 5) is 25.7. The molecule has 0 N–H and O–H groups in total. The lowest BCUT2D eigenvalue weighted by molar-refractivity contribution is 0.0746. The van der Waals surface area contributed by atoms with Crippen LogP contribution in [0, 0.1) is 20.8 Å². The van der Waals surface area contributed by atoms with E-state index < -0.39 is 0 Å². The van der Waals surface area contributed by atoms with E-state index in [1.54, 1.807) is 12.1 Å². The second kappa shape index (κ2) is 6.77. The average molecular weight is 345 g/mol. The molecule has 1 aliphatic heterocycles. The summed E-state index contributed by atoms with van der Waals surface area (Å²) in [6.45, 7) is 8.79. The van der Waals surface area contributed by atoms with Gasteiger partial charge in [-0.15, -0.1) is 0 Å². The first-order valence-electron chi connectivity index (χ1n) is 8.08. The molecule has 0 atom stereocenters. The van der Waals surface area contributed by atoms with E-state index >= 15 is 0 Å². The summed E-state index contributed by atoms with van der Waals surface area (Å²) in [7, 11) is 0. The zero-order valence-corrected chi connectivity index (χ0v) is 15.0. The number of carbonyl (C=O) groups is 1. The highest BCUT2D eigenvalue weighted by molar-refractivity contribution is 6.33. The first kappa shape index (κ1) is 16.7. The number of nitrogens with zero attached hydrogens (tertiary/aromatic N) is 4. The molecular weight excluding hydrogens is 324 g/mol. The number of aryl methyl sites for hydroxylation is 2. The Morgan fingerprint density at radius 3 is 2.38 bits per heavy atom. The van der Waals surface area contributed by atoms with Crippen molar-refractivity contribution in [2.75, 3.05) is 31.1 Å². The second-order valence-electron chi connectivity index (χ2n) is 6.06. The van der Waals surface area contributed by atoms with Crippen LogP contribution >= 0.6 is 11.6 Å². The Labute approximate surface area is 147 Å². The van der Waals surface area contributed by atoms with Crippen LogP contribution in [-0.2, 0) is 0 Å². The number of piperazine rings is 1. The number of anilines is 1. The van der Waals surface area contributed by atoms with Gasteiger partial charge in [-0.1, -0.05) is 23.7 Å². The van der Waals surface area contributed by atoms with Crippen LogP contribution in [0.3, 0.4) is 0 Å². The van der Waals surface area contributed by atoms with Gasteiger partial charge in [0, 0.05) is 37.4 Å². The molecule has 6 heteroatoms. The minimum absolute atomic E-state index is 0.00739. The van der Waals surface area contributed by atoms with Gasteiger partial charge < -0.3 is 9.80 Å². The lowest BCUT2D eigenvalue weighted by Gasteiger charge is -2.36. The first-order valence-corrected chi connectivity index (χ1v) is 8.45. The summed E-state index contributed by atoms with van der Waals surface area (Å²) in [5.41, 5.74) is 2.68. The minimum Gasteiger partial charge on any atom is -0.353 e. The highest BCUT2D eigenvalue weighted by atomic mass is 35.5. The molecule has 2 heterocycles. The third kappa shape index (κ3) is 3.22. The van der Waals surface area contributed by atoms with E-state index in [1.807, 2.05) is 37.8 Å². The van der Waals surface area contributed by atoms with E-state index in [1.165, 1.54) is 0 Å². The maximum atomic E-state index is 12.6. The Morgan fingerprint density at radius 1 is 1.04 bits per heavy atom. The molecule has 0 radical (unpaired) electrons. The predicted molar refractivity (Wildman–Crippen MR) is 95.8 cm³/mol. The summed E-state index contributed by atoms with van der Waals surface area (Å²) in [5.74, 6) is 1.75. The van der Waals surface area contributed by atoms with Gasteiger partial charge in [0.15, 0.2) is 0 Å². The Bertz CT molecular complexity index is 770. The predicted octanol–water partition coefficient (Wildman–Crippen LogP) is 3.02. The molecule has 1 fully saturated rings. The molecule has 1 saturated heterocycles. The third-order valence-electron chi connectivity index (χ3n) is 4.45. The first-order chi connectivity index (χ1) is 11.5. The van der Waals surface area contributed by atoms with Gasteiger partial charge >= 0.3 is 0 Å². The van der Waals surface area contributed by atoms with Crippen LogP contribution in [-0.4, -0.2) is 47.0 Å². The van der Waals surface area contributed by atoms with Gasteiger partial charge in [-0.3, -0.25) is 4.79 Å². The van der Waals surface area contributed by atoms with Crippen LogP contribution < -0.4 is 4.90 Å². The number of amides is 1. The number of halogens is 1. The molecule has 5 nitrogen and oxygen atoms in total. The molecule has 1 aliphatic rings. The summed E-state index contributed by atoms with van der Waals surface area (Å²) in [6.07, 6.45) is 0. The van der Waals surface area contributed by atoms with E-state index in [0.29, 0.717) is 23.7 Å². The number of benzene rings is 1. The maximum absolute atomic E-state index is 12.6. The van der Waals surface area contributed by atoms with Crippen LogP contribution in [0.15, 0.2) is 24.3 Å². The Kier molecular flexibility index (Phi) is 4.71. The van der Waals surface area contributed by atoms with Crippen molar-refractivity contribution in [2.24, 2.45) is 0 Å². The fourth-order valence-electron chi connectivity index (χ4n) is 2.98. The Balaban J connectivity index is 1.73. The molecule has 126 valence electrons. The summed E-state index contributed by atoms with van der Waals surface area (Å²) in [5, 5.41) is 0.503. The molecule has 0 spiro atoms. The minimum atomic E-state index is -0.00739. The second-order valence-corrected chi connectivity index (χ2v) is 6.47. The highest BCUT2D eigenvalue weighted by Gasteiger charge is 2.25. The highest BCUT2D eigenvalue weighted by Crippen LogP contribution is 2.22. The van der Waals surface area contributed by atoms with Crippen molar-refractivity contribution in [1.29, 1.82) is 0 Å².